The zero-order chi connectivity index (χ0) is 18.4. The van der Waals surface area contributed by atoms with E-state index in [1.165, 1.54) is 55.3 Å². The fraction of sp³-hybridized carbons (Fsp3) is 0.500. The van der Waals surface area contributed by atoms with Gasteiger partial charge in [-0.1, -0.05) is 68.7 Å². The summed E-state index contributed by atoms with van der Waals surface area (Å²) in [7, 11) is 4.48. The molecule has 2 aromatic rings. The molecule has 0 N–H and O–H groups in total. The lowest BCUT2D eigenvalue weighted by Crippen LogP contribution is -2.46. The Labute approximate surface area is 159 Å². The maximum Gasteiger partial charge on any atom is 0.0371 e. The molecule has 1 aliphatic carbocycles. The average molecular weight is 351 g/mol. The molecule has 26 heavy (non-hydrogen) atoms. The van der Waals surface area contributed by atoms with Crippen molar-refractivity contribution in [1.82, 2.24) is 4.90 Å². The van der Waals surface area contributed by atoms with Crippen LogP contribution in [0.25, 0.3) is 0 Å². The highest BCUT2D eigenvalue weighted by Crippen LogP contribution is 2.29. The number of benzene rings is 2. The van der Waals surface area contributed by atoms with Crippen molar-refractivity contribution >= 4 is 5.69 Å². The molecule has 0 saturated carbocycles. The highest BCUT2D eigenvalue weighted by atomic mass is 15.2. The van der Waals surface area contributed by atoms with Gasteiger partial charge < -0.3 is 9.80 Å². The van der Waals surface area contributed by atoms with E-state index >= 15 is 0 Å². The molecule has 0 heterocycles. The van der Waals surface area contributed by atoms with Gasteiger partial charge in [-0.2, -0.15) is 0 Å². The summed E-state index contributed by atoms with van der Waals surface area (Å²) in [6.07, 6.45) is 7.57. The average Bonchev–Trinajstić information content (AvgIpc) is 3.08. The van der Waals surface area contributed by atoms with Gasteiger partial charge in [-0.3, -0.25) is 0 Å². The number of hydrogen-bond donors (Lipinski definition) is 0. The molecule has 0 fully saturated rings. The summed E-state index contributed by atoms with van der Waals surface area (Å²) in [4.78, 5) is 5.10. The second kappa shape index (κ2) is 9.23. The van der Waals surface area contributed by atoms with E-state index in [1.807, 2.05) is 0 Å². The van der Waals surface area contributed by atoms with Crippen LogP contribution >= 0.6 is 0 Å². The van der Waals surface area contributed by atoms with Crippen molar-refractivity contribution in [2.45, 2.75) is 57.5 Å². The lowest BCUT2D eigenvalue weighted by Gasteiger charge is -2.37. The third kappa shape index (κ3) is 4.67. The van der Waals surface area contributed by atoms with Crippen LogP contribution in [-0.4, -0.2) is 37.6 Å². The molecule has 0 radical (unpaired) electrons. The summed E-state index contributed by atoms with van der Waals surface area (Å²) < 4.78 is 0. The van der Waals surface area contributed by atoms with Gasteiger partial charge in [0.2, 0.25) is 0 Å². The van der Waals surface area contributed by atoms with E-state index in [1.54, 1.807) is 0 Å². The smallest absolute Gasteiger partial charge is 0.0371 e. The molecule has 0 aliphatic heterocycles. The molecule has 2 heteroatoms. The van der Waals surface area contributed by atoms with Crippen LogP contribution in [0.5, 0.6) is 0 Å². The Kier molecular flexibility index (Phi) is 6.73. The maximum absolute atomic E-state index is 2.68. The Morgan fingerprint density at radius 3 is 2.08 bits per heavy atom. The highest BCUT2D eigenvalue weighted by Gasteiger charge is 2.29. The van der Waals surface area contributed by atoms with Crippen LogP contribution < -0.4 is 4.90 Å². The molecule has 1 aliphatic rings. The van der Waals surface area contributed by atoms with Gasteiger partial charge in [0.1, 0.15) is 0 Å². The summed E-state index contributed by atoms with van der Waals surface area (Å²) in [6.45, 7) is 3.40. The SMILES string of the molecule is CCCCCC(CN(c1ccccc1)C1Cc2ccccc2C1)N(C)C. The van der Waals surface area contributed by atoms with Crippen molar-refractivity contribution in [3.8, 4) is 0 Å². The predicted molar refractivity (Wildman–Crippen MR) is 113 cm³/mol. The maximum atomic E-state index is 2.68. The zero-order valence-electron chi connectivity index (χ0n) is 16.7. The zero-order valence-corrected chi connectivity index (χ0v) is 16.7. The van der Waals surface area contributed by atoms with Gasteiger partial charge in [0.05, 0.1) is 0 Å². The van der Waals surface area contributed by atoms with Crippen molar-refractivity contribution in [2.24, 2.45) is 0 Å². The molecule has 1 atom stereocenters. The Balaban J connectivity index is 1.78. The van der Waals surface area contributed by atoms with Crippen molar-refractivity contribution in [1.29, 1.82) is 0 Å². The highest BCUT2D eigenvalue weighted by molar-refractivity contribution is 5.50. The molecule has 140 valence electrons. The molecule has 0 saturated heterocycles. The van der Waals surface area contributed by atoms with Crippen LogP contribution in [0.1, 0.15) is 43.7 Å². The van der Waals surface area contributed by atoms with Crippen molar-refractivity contribution in [3.63, 3.8) is 0 Å². The molecule has 0 amide bonds. The summed E-state index contributed by atoms with van der Waals surface area (Å²) in [6, 6.07) is 21.2. The molecular weight excluding hydrogens is 316 g/mol. The minimum atomic E-state index is 0.573. The van der Waals surface area contributed by atoms with E-state index < -0.39 is 0 Å². The monoisotopic (exact) mass is 350 g/mol. The fourth-order valence-corrected chi connectivity index (χ4v) is 4.21. The van der Waals surface area contributed by atoms with E-state index in [4.69, 9.17) is 0 Å². The van der Waals surface area contributed by atoms with Gasteiger partial charge in [0.15, 0.2) is 0 Å². The molecular formula is C24H34N2. The number of hydrogen-bond acceptors (Lipinski definition) is 2. The van der Waals surface area contributed by atoms with Crippen LogP contribution in [0.3, 0.4) is 0 Å². The molecule has 0 bridgehead atoms. The number of nitrogens with zero attached hydrogens (tertiary/aromatic N) is 2. The molecule has 2 nitrogen and oxygen atoms in total. The first-order chi connectivity index (χ1) is 12.7. The van der Waals surface area contributed by atoms with Crippen LogP contribution in [-0.2, 0) is 12.8 Å². The number of likely N-dealkylation sites (N-methyl/N-ethyl adjacent to an activating group) is 1. The number of unbranched alkanes of at least 4 members (excludes halogenated alkanes) is 2. The van der Waals surface area contributed by atoms with Crippen LogP contribution in [0.2, 0.25) is 0 Å². The molecule has 0 spiro atoms. The summed E-state index contributed by atoms with van der Waals surface area (Å²) in [5, 5.41) is 0. The fourth-order valence-electron chi connectivity index (χ4n) is 4.21. The Hall–Kier alpha value is -1.80. The largest absolute Gasteiger partial charge is 0.366 e. The Bertz CT molecular complexity index is 640. The first-order valence-corrected chi connectivity index (χ1v) is 10.2. The number of rotatable bonds is 9. The predicted octanol–water partition coefficient (Wildman–Crippen LogP) is 5.17. The third-order valence-corrected chi connectivity index (χ3v) is 5.84. The Morgan fingerprint density at radius 2 is 1.50 bits per heavy atom. The summed E-state index contributed by atoms with van der Waals surface area (Å²) in [5.41, 5.74) is 4.43. The van der Waals surface area contributed by atoms with Gasteiger partial charge in [0, 0.05) is 24.3 Å². The number of para-hydroxylation sites is 1. The molecule has 3 rings (SSSR count). The number of fused-ring (bicyclic) bond motifs is 1. The topological polar surface area (TPSA) is 6.48 Å². The van der Waals surface area contributed by atoms with Gasteiger partial charge >= 0.3 is 0 Å². The standard InChI is InChI=1S/C24H34N2/c1-4-5-7-16-23(25(2)3)19-26(22-14-8-6-9-15-22)24-17-20-12-10-11-13-21(20)18-24/h6,8-15,23-24H,4-5,7,16-19H2,1-3H3. The third-order valence-electron chi connectivity index (χ3n) is 5.84. The van der Waals surface area contributed by atoms with Crippen LogP contribution in [0.15, 0.2) is 54.6 Å². The van der Waals surface area contributed by atoms with E-state index in [2.05, 4.69) is 85.4 Å². The van der Waals surface area contributed by atoms with Gasteiger partial charge in [-0.15, -0.1) is 0 Å². The lowest BCUT2D eigenvalue weighted by molar-refractivity contribution is 0.269. The molecule has 2 aromatic carbocycles. The Morgan fingerprint density at radius 1 is 0.885 bits per heavy atom. The minimum Gasteiger partial charge on any atom is -0.366 e. The van der Waals surface area contributed by atoms with E-state index in [0.717, 1.165) is 6.54 Å². The van der Waals surface area contributed by atoms with E-state index in [-0.39, 0.29) is 0 Å². The second-order valence-corrected chi connectivity index (χ2v) is 7.93. The molecule has 1 unspecified atom stereocenters. The first-order valence-electron chi connectivity index (χ1n) is 10.2. The van der Waals surface area contributed by atoms with Gasteiger partial charge in [0.25, 0.3) is 0 Å². The van der Waals surface area contributed by atoms with Crippen molar-refractivity contribution in [2.75, 3.05) is 25.5 Å². The minimum absolute atomic E-state index is 0.573. The quantitative estimate of drug-likeness (QED) is 0.576. The van der Waals surface area contributed by atoms with Crippen molar-refractivity contribution in [3.05, 3.63) is 65.7 Å². The first kappa shape index (κ1) is 19.0. The van der Waals surface area contributed by atoms with E-state index in [9.17, 15) is 0 Å². The summed E-state index contributed by atoms with van der Waals surface area (Å²) in [5.74, 6) is 0. The van der Waals surface area contributed by atoms with Gasteiger partial charge in [-0.25, -0.2) is 0 Å². The summed E-state index contributed by atoms with van der Waals surface area (Å²) >= 11 is 0. The van der Waals surface area contributed by atoms with Crippen molar-refractivity contribution < 1.29 is 0 Å². The van der Waals surface area contributed by atoms with Crippen LogP contribution in [0.4, 0.5) is 5.69 Å². The number of anilines is 1. The van der Waals surface area contributed by atoms with Gasteiger partial charge in [-0.05, 0) is 56.6 Å². The second-order valence-electron chi connectivity index (χ2n) is 7.93. The normalized spacial score (nSPS) is 15.2. The van der Waals surface area contributed by atoms with Crippen LogP contribution in [0, 0.1) is 0 Å². The lowest BCUT2D eigenvalue weighted by atomic mass is 10.0. The molecule has 0 aromatic heterocycles. The van der Waals surface area contributed by atoms with E-state index in [0.29, 0.717) is 12.1 Å².